The van der Waals surface area contributed by atoms with Gasteiger partial charge in [0.25, 0.3) is 5.92 Å². The first kappa shape index (κ1) is 24.6. The second-order valence-corrected chi connectivity index (χ2v) is 10.3. The fraction of sp³-hybridized carbons (Fsp3) is 0.481. The lowest BCUT2D eigenvalue weighted by atomic mass is 9.80. The second kappa shape index (κ2) is 9.40. The van der Waals surface area contributed by atoms with Gasteiger partial charge < -0.3 is 10.2 Å². The summed E-state index contributed by atoms with van der Waals surface area (Å²) in [6, 6.07) is 12.5. The molecule has 2 saturated carbocycles. The van der Waals surface area contributed by atoms with Crippen LogP contribution in [0, 0.1) is 28.9 Å². The number of nitrogens with zero attached hydrogens (tertiary/aromatic N) is 3. The molecule has 2 aromatic rings. The zero-order valence-corrected chi connectivity index (χ0v) is 19.8. The summed E-state index contributed by atoms with van der Waals surface area (Å²) in [6.07, 6.45) is 3.14. The standard InChI is InChI=1S/C27H28F4N4O/c28-23-5-4-21(14-24(23)29)33-25(36)35(11-10-34-9-8-27(30,31)17-34)22-6-7-26(15-20(26)13-22)19-3-1-2-18(12-19)16-32/h1-5,12,14,20,22H,6-11,13,15,17H2,(H,33,36)/t20?,22?,26-/m1/s1. The van der Waals surface area contributed by atoms with Crippen molar-refractivity contribution in [2.24, 2.45) is 5.92 Å². The maximum atomic E-state index is 13.7. The van der Waals surface area contributed by atoms with Gasteiger partial charge >= 0.3 is 6.03 Å². The quantitative estimate of drug-likeness (QED) is 0.532. The highest BCUT2D eigenvalue weighted by atomic mass is 19.3. The van der Waals surface area contributed by atoms with Crippen LogP contribution >= 0.6 is 0 Å². The van der Waals surface area contributed by atoms with Crippen molar-refractivity contribution in [3.05, 3.63) is 65.2 Å². The maximum absolute atomic E-state index is 13.7. The monoisotopic (exact) mass is 500 g/mol. The Morgan fingerprint density at radius 3 is 2.69 bits per heavy atom. The Morgan fingerprint density at radius 2 is 2.00 bits per heavy atom. The van der Waals surface area contributed by atoms with Crippen LogP contribution in [0.15, 0.2) is 42.5 Å². The molecule has 190 valence electrons. The number of alkyl halides is 2. The molecule has 2 unspecified atom stereocenters. The maximum Gasteiger partial charge on any atom is 0.322 e. The molecule has 3 aliphatic rings. The molecule has 2 aromatic carbocycles. The lowest BCUT2D eigenvalue weighted by Gasteiger charge is -2.37. The number of hydrogen-bond acceptors (Lipinski definition) is 3. The van der Waals surface area contributed by atoms with Gasteiger partial charge in [0, 0.05) is 43.9 Å². The molecule has 5 rings (SSSR count). The van der Waals surface area contributed by atoms with Gasteiger partial charge in [-0.3, -0.25) is 4.90 Å². The molecular formula is C27H28F4N4O. The number of fused-ring (bicyclic) bond motifs is 1. The number of rotatable bonds is 6. The summed E-state index contributed by atoms with van der Waals surface area (Å²) in [4.78, 5) is 16.6. The van der Waals surface area contributed by atoms with Gasteiger partial charge in [0.2, 0.25) is 0 Å². The van der Waals surface area contributed by atoms with Crippen LogP contribution in [0.4, 0.5) is 28.0 Å². The van der Waals surface area contributed by atoms with Gasteiger partial charge in [-0.05, 0) is 66.8 Å². The third kappa shape index (κ3) is 4.92. The molecule has 3 fully saturated rings. The van der Waals surface area contributed by atoms with Gasteiger partial charge in [0.1, 0.15) is 0 Å². The van der Waals surface area contributed by atoms with Crippen molar-refractivity contribution in [1.82, 2.24) is 9.80 Å². The minimum Gasteiger partial charge on any atom is -0.320 e. The highest BCUT2D eigenvalue weighted by molar-refractivity contribution is 5.89. The van der Waals surface area contributed by atoms with Crippen LogP contribution in [0.1, 0.15) is 43.2 Å². The van der Waals surface area contributed by atoms with Crippen molar-refractivity contribution in [2.75, 3.05) is 31.5 Å². The first-order valence-corrected chi connectivity index (χ1v) is 12.3. The number of hydrogen-bond donors (Lipinski definition) is 1. The van der Waals surface area contributed by atoms with Crippen molar-refractivity contribution in [3.8, 4) is 6.07 Å². The third-order valence-corrected chi connectivity index (χ3v) is 8.06. The first-order chi connectivity index (χ1) is 17.2. The number of anilines is 1. The molecule has 0 radical (unpaired) electrons. The summed E-state index contributed by atoms with van der Waals surface area (Å²) >= 11 is 0. The number of nitriles is 1. The summed E-state index contributed by atoms with van der Waals surface area (Å²) in [6.45, 7) is 0.533. The number of likely N-dealkylation sites (tertiary alicyclic amines) is 1. The van der Waals surface area contributed by atoms with E-state index in [0.717, 1.165) is 43.4 Å². The summed E-state index contributed by atoms with van der Waals surface area (Å²) in [5.41, 5.74) is 1.94. The molecule has 36 heavy (non-hydrogen) atoms. The average molecular weight is 501 g/mol. The Kier molecular flexibility index (Phi) is 6.41. The fourth-order valence-electron chi connectivity index (χ4n) is 6.01. The Labute approximate surface area is 207 Å². The molecule has 0 aromatic heterocycles. The molecule has 3 atom stereocenters. The number of benzene rings is 2. The minimum absolute atomic E-state index is 0.0165. The Hall–Kier alpha value is -3.12. The van der Waals surface area contributed by atoms with E-state index in [-0.39, 0.29) is 43.2 Å². The molecule has 1 saturated heterocycles. The lowest BCUT2D eigenvalue weighted by molar-refractivity contribution is 0.0114. The molecule has 5 nitrogen and oxygen atoms in total. The molecule has 9 heteroatoms. The van der Waals surface area contributed by atoms with E-state index in [1.807, 2.05) is 12.1 Å². The number of halogens is 4. The zero-order chi connectivity index (χ0) is 25.5. The van der Waals surface area contributed by atoms with Crippen LogP contribution in [0.3, 0.4) is 0 Å². The van der Waals surface area contributed by atoms with E-state index in [2.05, 4.69) is 17.5 Å². The van der Waals surface area contributed by atoms with Gasteiger partial charge in [-0.15, -0.1) is 0 Å². The van der Waals surface area contributed by atoms with Crippen LogP contribution in [0.25, 0.3) is 0 Å². The molecular weight excluding hydrogens is 472 g/mol. The number of urea groups is 1. The molecule has 0 bridgehead atoms. The molecule has 0 spiro atoms. The van der Waals surface area contributed by atoms with Crippen LogP contribution in [0.2, 0.25) is 0 Å². The van der Waals surface area contributed by atoms with E-state index in [9.17, 15) is 27.6 Å². The van der Waals surface area contributed by atoms with Crippen molar-refractivity contribution in [3.63, 3.8) is 0 Å². The summed E-state index contributed by atoms with van der Waals surface area (Å²) in [7, 11) is 0. The van der Waals surface area contributed by atoms with E-state index in [4.69, 9.17) is 0 Å². The predicted molar refractivity (Wildman–Crippen MR) is 127 cm³/mol. The smallest absolute Gasteiger partial charge is 0.320 e. The van der Waals surface area contributed by atoms with Crippen LogP contribution in [-0.4, -0.2) is 54.0 Å². The van der Waals surface area contributed by atoms with E-state index in [1.165, 1.54) is 6.07 Å². The normalized spacial score (nSPS) is 26.6. The molecule has 2 aliphatic carbocycles. The van der Waals surface area contributed by atoms with E-state index in [1.54, 1.807) is 15.9 Å². The third-order valence-electron chi connectivity index (χ3n) is 8.06. The number of carbonyl (C=O) groups excluding carboxylic acids is 1. The van der Waals surface area contributed by atoms with Gasteiger partial charge in [0.15, 0.2) is 11.6 Å². The summed E-state index contributed by atoms with van der Waals surface area (Å²) in [5.74, 6) is -4.41. The average Bonchev–Trinajstić information content (AvgIpc) is 3.50. The Morgan fingerprint density at radius 1 is 1.17 bits per heavy atom. The largest absolute Gasteiger partial charge is 0.322 e. The first-order valence-electron chi connectivity index (χ1n) is 12.3. The van der Waals surface area contributed by atoms with Gasteiger partial charge in [-0.2, -0.15) is 5.26 Å². The van der Waals surface area contributed by atoms with Gasteiger partial charge in [0.05, 0.1) is 18.2 Å². The fourth-order valence-corrected chi connectivity index (χ4v) is 6.01. The molecule has 1 N–H and O–H groups in total. The molecule has 1 aliphatic heterocycles. The Balaban J connectivity index is 1.30. The lowest BCUT2D eigenvalue weighted by Crippen LogP contribution is -2.48. The summed E-state index contributed by atoms with van der Waals surface area (Å²) in [5, 5.41) is 11.9. The van der Waals surface area contributed by atoms with E-state index in [0.29, 0.717) is 18.0 Å². The minimum atomic E-state index is -2.71. The highest BCUT2D eigenvalue weighted by Gasteiger charge is 2.58. The van der Waals surface area contributed by atoms with E-state index < -0.39 is 23.6 Å². The van der Waals surface area contributed by atoms with Crippen LogP contribution in [-0.2, 0) is 5.41 Å². The summed E-state index contributed by atoms with van der Waals surface area (Å²) < 4.78 is 54.4. The van der Waals surface area contributed by atoms with Gasteiger partial charge in [-0.25, -0.2) is 22.4 Å². The van der Waals surface area contributed by atoms with Crippen molar-refractivity contribution >= 4 is 11.7 Å². The topological polar surface area (TPSA) is 59.4 Å². The predicted octanol–water partition coefficient (Wildman–Crippen LogP) is 5.52. The van der Waals surface area contributed by atoms with Crippen LogP contribution < -0.4 is 5.32 Å². The van der Waals surface area contributed by atoms with Gasteiger partial charge in [-0.1, -0.05) is 12.1 Å². The molecule has 1 heterocycles. The van der Waals surface area contributed by atoms with Crippen molar-refractivity contribution < 1.29 is 22.4 Å². The van der Waals surface area contributed by atoms with E-state index >= 15 is 0 Å². The second-order valence-electron chi connectivity index (χ2n) is 10.3. The number of amides is 2. The number of nitrogens with one attached hydrogen (secondary N) is 1. The van der Waals surface area contributed by atoms with Crippen molar-refractivity contribution in [1.29, 1.82) is 5.26 Å². The van der Waals surface area contributed by atoms with Crippen molar-refractivity contribution in [2.45, 2.75) is 49.5 Å². The SMILES string of the molecule is N#Cc1cccc([C@]23CCC(N(CCN4CCC(F)(F)C4)C(=O)Nc4ccc(F)c(F)c4)CC2C3)c1. The highest BCUT2D eigenvalue weighted by Crippen LogP contribution is 2.62. The Bertz CT molecular complexity index is 1200. The number of carbonyl (C=O) groups is 1. The molecule has 2 amide bonds. The van der Waals surface area contributed by atoms with Crippen LogP contribution in [0.5, 0.6) is 0 Å². The zero-order valence-electron chi connectivity index (χ0n) is 19.8.